The minimum absolute atomic E-state index is 0.0855. The number of epoxide rings is 1. The third-order valence-corrected chi connectivity index (χ3v) is 15.5. The van der Waals surface area contributed by atoms with E-state index < -0.39 is 95.6 Å². The molecular formula is C53H75ClN8O13S. The number of primary amides is 1. The summed E-state index contributed by atoms with van der Waals surface area (Å²) in [5, 5.41) is 22.6. The first-order chi connectivity index (χ1) is 35.8. The molecule has 3 aliphatic rings. The number of aliphatic hydroxyl groups is 1. The van der Waals surface area contributed by atoms with Crippen LogP contribution in [0, 0.1) is 11.8 Å². The van der Waals surface area contributed by atoms with Crippen molar-refractivity contribution in [1.82, 2.24) is 20.9 Å². The number of benzene rings is 2. The Balaban J connectivity index is 1.25. The summed E-state index contributed by atoms with van der Waals surface area (Å²) in [7, 11) is 5.95. The summed E-state index contributed by atoms with van der Waals surface area (Å²) >= 11 is 8.32. The second-order valence-electron chi connectivity index (χ2n) is 20.2. The van der Waals surface area contributed by atoms with Crippen LogP contribution in [0.5, 0.6) is 5.75 Å². The van der Waals surface area contributed by atoms with Gasteiger partial charge in [0.15, 0.2) is 5.72 Å². The van der Waals surface area contributed by atoms with Crippen molar-refractivity contribution in [2.75, 3.05) is 50.8 Å². The number of ether oxygens (including phenoxy) is 5. The molecule has 5 rings (SSSR count). The first-order valence-corrected chi connectivity index (χ1v) is 26.8. The van der Waals surface area contributed by atoms with Crippen LogP contribution >= 0.6 is 23.4 Å². The van der Waals surface area contributed by atoms with E-state index in [0.29, 0.717) is 41.5 Å². The molecule has 0 spiro atoms. The monoisotopic (exact) mass is 1100 g/mol. The number of thioether (sulfide) groups is 1. The molecule has 7 amide bonds. The van der Waals surface area contributed by atoms with Gasteiger partial charge in [-0.15, -0.1) is 0 Å². The molecule has 9 N–H and O–H groups in total. The number of esters is 1. The Morgan fingerprint density at radius 3 is 2.43 bits per heavy atom. The molecule has 0 saturated carbocycles. The molecule has 0 unspecified atom stereocenters. The van der Waals surface area contributed by atoms with Gasteiger partial charge < -0.3 is 66.0 Å². The van der Waals surface area contributed by atoms with Crippen LogP contribution in [0.3, 0.4) is 0 Å². The highest BCUT2D eigenvalue weighted by molar-refractivity contribution is 7.98. The van der Waals surface area contributed by atoms with Gasteiger partial charge in [0.25, 0.3) is 0 Å². The van der Waals surface area contributed by atoms with Crippen molar-refractivity contribution in [2.45, 2.75) is 140 Å². The van der Waals surface area contributed by atoms with Crippen molar-refractivity contribution in [1.29, 1.82) is 0 Å². The van der Waals surface area contributed by atoms with Crippen LogP contribution in [0.2, 0.25) is 5.02 Å². The number of hydrogen-bond donors (Lipinski definition) is 7. The number of likely N-dealkylation sites (N-methyl/N-ethyl adjacent to an activating group) is 1. The number of halogens is 1. The number of nitrogens with two attached hydrogens (primary N) is 2. The van der Waals surface area contributed by atoms with Gasteiger partial charge >= 0.3 is 18.1 Å². The quantitative estimate of drug-likeness (QED) is 0.0570. The predicted octanol–water partition coefficient (Wildman–Crippen LogP) is 4.69. The number of fused-ring (bicyclic) bond motifs is 5. The standard InChI is InChI=1S/C53H75ClN8O13S/c1-29(2)45(55)48(66)59-36(14-12-21-57-50(56)68)47(65)58-35-18-16-33(17-19-35)28-76-22-20-42(63)61(7)32(5)49(67)74-41-26-43(64)62(8)37-24-34(25-38(71-9)44(37)54)23-30(3)13-11-15-40(72-10)53(70)27-39(73-51(69)60-53)31(4)46-52(41,6)75-46/h11,13,15-19,24-25,29,31-32,36,39-41,45-46,70H,12,14,20-23,26-28,55H2,1-10H3,(H,58,65)(H,59,66)(H,60,69)(H3,56,57,68)/t31-,32+,36+,39+,40-,41+,45+,46+,52+,53+/m1/s1. The number of carbonyl (C=O) groups excluding carboxylic acids is 7. The van der Waals surface area contributed by atoms with Gasteiger partial charge in [0, 0.05) is 63.7 Å². The number of anilines is 2. The molecule has 0 aromatic heterocycles. The lowest BCUT2D eigenvalue weighted by atomic mass is 9.83. The summed E-state index contributed by atoms with van der Waals surface area (Å²) in [6, 6.07) is 7.16. The minimum Gasteiger partial charge on any atom is -0.495 e. The van der Waals surface area contributed by atoms with Crippen LogP contribution in [0.15, 0.2) is 60.2 Å². The lowest BCUT2D eigenvalue weighted by Crippen LogP contribution is -2.63. The Hall–Kier alpha value is -5.91. The molecule has 3 heterocycles. The number of hydrogen-bond acceptors (Lipinski definition) is 15. The lowest BCUT2D eigenvalue weighted by molar-refractivity contribution is -0.162. The molecule has 21 nitrogen and oxygen atoms in total. The topological polar surface area (TPSA) is 296 Å². The predicted molar refractivity (Wildman–Crippen MR) is 288 cm³/mol. The second-order valence-corrected chi connectivity index (χ2v) is 21.6. The van der Waals surface area contributed by atoms with Crippen molar-refractivity contribution >= 4 is 76.5 Å². The van der Waals surface area contributed by atoms with Crippen molar-refractivity contribution in [3.63, 3.8) is 0 Å². The van der Waals surface area contributed by atoms with E-state index in [-0.39, 0.29) is 49.1 Å². The largest absolute Gasteiger partial charge is 0.495 e. The molecule has 10 atom stereocenters. The van der Waals surface area contributed by atoms with Gasteiger partial charge in [-0.2, -0.15) is 11.8 Å². The van der Waals surface area contributed by atoms with Gasteiger partial charge in [-0.25, -0.2) is 14.4 Å². The SMILES string of the molecule is COc1cc2cc(c1Cl)N(C)C(=O)C[C@H](OC(=O)[C@H](C)N(C)C(=O)CCSCc1ccc(NC(=O)[C@H](CCCNC(N)=O)NC(=O)[C@@H](N)C(C)C)cc1)[C@]1(C)O[C@H]1[C@H](C)[C@@H]1C[C@@](O)(NC(=O)O1)[C@H](OC)C=CC=C(C)C2. The number of alkyl carbamates (subject to hydrolysis) is 1. The van der Waals surface area contributed by atoms with E-state index in [9.17, 15) is 38.7 Å². The molecule has 418 valence electrons. The summed E-state index contributed by atoms with van der Waals surface area (Å²) in [4.78, 5) is 94.9. The van der Waals surface area contributed by atoms with Crippen LogP contribution in [-0.4, -0.2) is 146 Å². The zero-order valence-corrected chi connectivity index (χ0v) is 46.5. The highest BCUT2D eigenvalue weighted by atomic mass is 35.5. The molecule has 0 radical (unpaired) electrons. The van der Waals surface area contributed by atoms with E-state index in [1.165, 1.54) is 49.8 Å². The van der Waals surface area contributed by atoms with E-state index >= 15 is 0 Å². The fraction of sp³-hybridized carbons (Fsp3) is 0.566. The second kappa shape index (κ2) is 26.9. The van der Waals surface area contributed by atoms with Crippen molar-refractivity contribution in [3.8, 4) is 5.75 Å². The van der Waals surface area contributed by atoms with E-state index in [2.05, 4.69) is 21.3 Å². The maximum Gasteiger partial charge on any atom is 0.409 e. The maximum absolute atomic E-state index is 14.4. The summed E-state index contributed by atoms with van der Waals surface area (Å²) in [6.07, 6.45) is 1.19. The third kappa shape index (κ3) is 15.8. The van der Waals surface area contributed by atoms with E-state index in [0.717, 1.165) is 16.7 Å². The number of allylic oxidation sites excluding steroid dienone is 3. The van der Waals surface area contributed by atoms with E-state index in [1.807, 2.05) is 25.1 Å². The molecule has 3 aliphatic heterocycles. The molecular weight excluding hydrogens is 1020 g/mol. The number of nitrogens with zero attached hydrogens (tertiary/aromatic N) is 2. The van der Waals surface area contributed by atoms with E-state index in [4.69, 9.17) is 46.8 Å². The Bertz CT molecular complexity index is 2500. The number of amides is 7. The van der Waals surface area contributed by atoms with Gasteiger partial charge in [0.05, 0.1) is 31.4 Å². The smallest absolute Gasteiger partial charge is 0.409 e. The number of carbonyl (C=O) groups is 7. The van der Waals surface area contributed by atoms with Gasteiger partial charge in [-0.3, -0.25) is 24.5 Å². The molecule has 23 heteroatoms. The molecule has 2 aromatic rings. The molecule has 0 aliphatic carbocycles. The zero-order chi connectivity index (χ0) is 56.2. The third-order valence-electron chi connectivity index (χ3n) is 14.1. The van der Waals surface area contributed by atoms with Crippen LogP contribution in [0.1, 0.15) is 84.8 Å². The molecule has 76 heavy (non-hydrogen) atoms. The van der Waals surface area contributed by atoms with Crippen LogP contribution in [0.4, 0.5) is 21.0 Å². The molecule has 2 saturated heterocycles. The maximum atomic E-state index is 14.4. The van der Waals surface area contributed by atoms with Gasteiger partial charge in [-0.05, 0) is 81.3 Å². The number of nitrogens with one attached hydrogen (secondary N) is 4. The Kier molecular flexibility index (Phi) is 21.6. The average molecular weight is 1100 g/mol. The first kappa shape index (κ1) is 60.9. The zero-order valence-electron chi connectivity index (χ0n) is 44.9. The van der Waals surface area contributed by atoms with Crippen molar-refractivity contribution in [2.24, 2.45) is 23.3 Å². The Morgan fingerprint density at radius 1 is 1.09 bits per heavy atom. The Labute approximate surface area is 453 Å². The molecule has 4 bridgehead atoms. The van der Waals surface area contributed by atoms with Crippen molar-refractivity contribution in [3.05, 3.63) is 76.3 Å². The molecule has 2 aromatic carbocycles. The summed E-state index contributed by atoms with van der Waals surface area (Å²) in [6.45, 7) is 10.7. The lowest BCUT2D eigenvalue weighted by Gasteiger charge is -2.42. The normalized spacial score (nSPS) is 24.8. The van der Waals surface area contributed by atoms with Gasteiger partial charge in [0.2, 0.25) is 23.6 Å². The average Bonchev–Trinajstić information content (AvgIpc) is 4.07. The fourth-order valence-corrected chi connectivity index (χ4v) is 10.2. The Morgan fingerprint density at radius 2 is 1.79 bits per heavy atom. The molecule has 2 fully saturated rings. The summed E-state index contributed by atoms with van der Waals surface area (Å²) in [5.41, 5.74) is 11.5. The minimum atomic E-state index is -1.87. The van der Waals surface area contributed by atoms with Crippen LogP contribution < -0.4 is 42.4 Å². The van der Waals surface area contributed by atoms with Crippen LogP contribution in [0.25, 0.3) is 0 Å². The first-order valence-electron chi connectivity index (χ1n) is 25.2. The number of methoxy groups -OCH3 is 2. The highest BCUT2D eigenvalue weighted by Crippen LogP contribution is 2.49. The number of urea groups is 1. The summed E-state index contributed by atoms with van der Waals surface area (Å²) < 4.78 is 29.5. The fourth-order valence-electron chi connectivity index (χ4n) is 9.01. The summed E-state index contributed by atoms with van der Waals surface area (Å²) in [5.74, 6) is -1.97. The van der Waals surface area contributed by atoms with Gasteiger partial charge in [0.1, 0.15) is 46.8 Å². The number of rotatable bonds is 19. The van der Waals surface area contributed by atoms with Crippen molar-refractivity contribution < 1.29 is 62.4 Å². The van der Waals surface area contributed by atoms with Gasteiger partial charge in [-0.1, -0.05) is 68.3 Å². The van der Waals surface area contributed by atoms with E-state index in [1.54, 1.807) is 71.2 Å². The highest BCUT2D eigenvalue weighted by Gasteiger charge is 2.64. The van der Waals surface area contributed by atoms with Crippen LogP contribution in [-0.2, 0) is 55.1 Å².